The molecule has 4 rings (SSSR count). The van der Waals surface area contributed by atoms with Crippen LogP contribution in [0.15, 0.2) is 18.2 Å². The lowest BCUT2D eigenvalue weighted by Gasteiger charge is -2.42. The molecular weight excluding hydrogens is 373 g/mol. The molecule has 1 aliphatic carbocycles. The fraction of sp³-hybridized carbons (Fsp3) is 0.650. The van der Waals surface area contributed by atoms with Gasteiger partial charge in [-0.15, -0.1) is 0 Å². The molecule has 1 aromatic carbocycles. The molecule has 8 heteroatoms. The third kappa shape index (κ3) is 3.59. The first-order valence-corrected chi connectivity index (χ1v) is 9.83. The number of likely N-dealkylation sites (tertiary alicyclic amines) is 1. The van der Waals surface area contributed by atoms with Crippen LogP contribution in [0.25, 0.3) is 0 Å². The third-order valence-corrected chi connectivity index (χ3v) is 6.43. The summed E-state index contributed by atoms with van der Waals surface area (Å²) >= 11 is 0. The zero-order valence-electron chi connectivity index (χ0n) is 15.6. The van der Waals surface area contributed by atoms with Gasteiger partial charge in [-0.2, -0.15) is 13.2 Å². The molecule has 154 valence electrons. The van der Waals surface area contributed by atoms with Crippen molar-refractivity contribution in [2.45, 2.75) is 62.4 Å². The Kier molecular flexibility index (Phi) is 4.82. The highest BCUT2D eigenvalue weighted by molar-refractivity contribution is 5.81. The van der Waals surface area contributed by atoms with Gasteiger partial charge in [-0.1, -0.05) is 6.07 Å². The summed E-state index contributed by atoms with van der Waals surface area (Å²) in [6, 6.07) is 3.47. The second-order valence-corrected chi connectivity index (χ2v) is 8.22. The highest BCUT2D eigenvalue weighted by Gasteiger charge is 2.54. The zero-order chi connectivity index (χ0) is 20.0. The maximum absolute atomic E-state index is 13.2. The fourth-order valence-electron chi connectivity index (χ4n) is 4.55. The van der Waals surface area contributed by atoms with Crippen molar-refractivity contribution in [2.24, 2.45) is 0 Å². The van der Waals surface area contributed by atoms with Crippen LogP contribution in [0.2, 0.25) is 0 Å². The topological polar surface area (TPSA) is 61.8 Å². The minimum atomic E-state index is -4.50. The molecule has 3 fully saturated rings. The van der Waals surface area contributed by atoms with E-state index >= 15 is 0 Å². The quantitative estimate of drug-likeness (QED) is 0.796. The van der Waals surface area contributed by atoms with Gasteiger partial charge in [-0.05, 0) is 57.5 Å². The molecule has 2 saturated heterocycles. The van der Waals surface area contributed by atoms with Gasteiger partial charge in [0.1, 0.15) is 5.75 Å². The molecule has 1 saturated carbocycles. The first kappa shape index (κ1) is 19.5. The number of piperidine rings is 1. The highest BCUT2D eigenvalue weighted by atomic mass is 19.4. The molecule has 5 nitrogen and oxygen atoms in total. The summed E-state index contributed by atoms with van der Waals surface area (Å²) in [5, 5.41) is 12.8. The summed E-state index contributed by atoms with van der Waals surface area (Å²) in [6.45, 7) is 3.25. The molecule has 0 bridgehead atoms. The van der Waals surface area contributed by atoms with Crippen molar-refractivity contribution in [3.8, 4) is 5.75 Å². The van der Waals surface area contributed by atoms with Crippen LogP contribution in [0.5, 0.6) is 5.75 Å². The van der Waals surface area contributed by atoms with Crippen molar-refractivity contribution in [2.75, 3.05) is 19.6 Å². The number of nitrogens with one attached hydrogen (secondary N) is 1. The number of carbonyl (C=O) groups is 1. The first-order valence-electron chi connectivity index (χ1n) is 9.83. The number of rotatable bonds is 5. The Balaban J connectivity index is 1.63. The van der Waals surface area contributed by atoms with Gasteiger partial charge >= 0.3 is 12.1 Å². The average molecular weight is 398 g/mol. The van der Waals surface area contributed by atoms with Crippen molar-refractivity contribution >= 4 is 5.97 Å². The van der Waals surface area contributed by atoms with Crippen LogP contribution in [0.3, 0.4) is 0 Å². The summed E-state index contributed by atoms with van der Waals surface area (Å²) in [6.07, 6.45) is 0.321. The van der Waals surface area contributed by atoms with E-state index < -0.39 is 23.3 Å². The number of hydrogen-bond acceptors (Lipinski definition) is 4. The molecule has 1 spiro atoms. The van der Waals surface area contributed by atoms with Crippen LogP contribution >= 0.6 is 0 Å². The number of aliphatic carboxylic acids is 1. The number of carboxylic acids is 1. The van der Waals surface area contributed by atoms with Crippen LogP contribution in [-0.2, 0) is 17.5 Å². The Hall–Kier alpha value is -1.80. The van der Waals surface area contributed by atoms with E-state index in [0.717, 1.165) is 57.5 Å². The van der Waals surface area contributed by atoms with Crippen molar-refractivity contribution in [3.63, 3.8) is 0 Å². The lowest BCUT2D eigenvalue weighted by Crippen LogP contribution is -2.50. The second-order valence-electron chi connectivity index (χ2n) is 8.22. The van der Waals surface area contributed by atoms with Crippen molar-refractivity contribution in [3.05, 3.63) is 29.3 Å². The summed E-state index contributed by atoms with van der Waals surface area (Å²) in [4.78, 5) is 13.9. The second kappa shape index (κ2) is 6.91. The lowest BCUT2D eigenvalue weighted by atomic mass is 9.85. The Morgan fingerprint density at radius 1 is 1.18 bits per heavy atom. The van der Waals surface area contributed by atoms with Crippen molar-refractivity contribution in [1.82, 2.24) is 10.2 Å². The summed E-state index contributed by atoms with van der Waals surface area (Å²) in [7, 11) is 0. The number of nitrogens with zero attached hydrogens (tertiary/aromatic N) is 1. The van der Waals surface area contributed by atoms with E-state index in [1.54, 1.807) is 0 Å². The molecule has 2 N–H and O–H groups in total. The summed E-state index contributed by atoms with van der Waals surface area (Å²) < 4.78 is 45.3. The standard InChI is InChI=1S/C20H25F3N2O3/c21-20(22,23)15-3-2-14(16(12-15)28-19(5-6-19)17(26)27)13-25-11-1-4-18(25)7-9-24-10-8-18/h2-3,12,24H,1,4-11,13H2,(H,26,27). The Morgan fingerprint density at radius 2 is 1.89 bits per heavy atom. The predicted molar refractivity (Wildman–Crippen MR) is 96.2 cm³/mol. The zero-order valence-corrected chi connectivity index (χ0v) is 15.6. The third-order valence-electron chi connectivity index (χ3n) is 6.43. The van der Waals surface area contributed by atoms with E-state index in [1.807, 2.05) is 0 Å². The van der Waals surface area contributed by atoms with Crippen LogP contribution < -0.4 is 10.1 Å². The minimum absolute atomic E-state index is 0.0470. The van der Waals surface area contributed by atoms with E-state index in [4.69, 9.17) is 4.74 Å². The van der Waals surface area contributed by atoms with E-state index in [2.05, 4.69) is 10.2 Å². The molecule has 0 atom stereocenters. The number of alkyl halides is 3. The van der Waals surface area contributed by atoms with Gasteiger partial charge < -0.3 is 15.2 Å². The number of ether oxygens (including phenoxy) is 1. The maximum atomic E-state index is 13.2. The molecule has 28 heavy (non-hydrogen) atoms. The molecule has 2 aliphatic heterocycles. The number of halogens is 3. The highest BCUT2D eigenvalue weighted by Crippen LogP contribution is 2.44. The Morgan fingerprint density at radius 3 is 2.50 bits per heavy atom. The number of carboxylic acid groups (broad SMARTS) is 1. The predicted octanol–water partition coefficient (Wildman–Crippen LogP) is 3.42. The van der Waals surface area contributed by atoms with Crippen molar-refractivity contribution in [1.29, 1.82) is 0 Å². The van der Waals surface area contributed by atoms with E-state index in [1.165, 1.54) is 6.07 Å². The van der Waals surface area contributed by atoms with E-state index in [0.29, 0.717) is 24.9 Å². The van der Waals surface area contributed by atoms with Crippen LogP contribution in [0, 0.1) is 0 Å². The monoisotopic (exact) mass is 398 g/mol. The molecule has 0 amide bonds. The van der Waals surface area contributed by atoms with Gasteiger partial charge in [0.25, 0.3) is 0 Å². The smallest absolute Gasteiger partial charge is 0.416 e. The lowest BCUT2D eigenvalue weighted by molar-refractivity contribution is -0.147. The normalized spacial score (nSPS) is 23.7. The molecule has 3 aliphatic rings. The van der Waals surface area contributed by atoms with Gasteiger partial charge in [-0.25, -0.2) is 4.79 Å². The Bertz CT molecular complexity index is 756. The Labute approximate surface area is 161 Å². The summed E-state index contributed by atoms with van der Waals surface area (Å²) in [5.74, 6) is -1.07. The van der Waals surface area contributed by atoms with Crippen LogP contribution in [-0.4, -0.2) is 46.7 Å². The first-order chi connectivity index (χ1) is 13.2. The van der Waals surface area contributed by atoms with Crippen LogP contribution in [0.4, 0.5) is 13.2 Å². The van der Waals surface area contributed by atoms with Gasteiger partial charge in [-0.3, -0.25) is 4.90 Å². The maximum Gasteiger partial charge on any atom is 0.416 e. The molecule has 0 aromatic heterocycles. The largest absolute Gasteiger partial charge is 0.478 e. The molecule has 1 aromatic rings. The molecular formula is C20H25F3N2O3. The SMILES string of the molecule is O=C(O)C1(Oc2cc(C(F)(F)F)ccc2CN2CCCC23CCNCC3)CC1. The van der Waals surface area contributed by atoms with E-state index in [-0.39, 0.29) is 11.3 Å². The molecule has 2 heterocycles. The average Bonchev–Trinajstić information content (AvgIpc) is 3.34. The minimum Gasteiger partial charge on any atom is -0.478 e. The van der Waals surface area contributed by atoms with Gasteiger partial charge in [0.15, 0.2) is 0 Å². The van der Waals surface area contributed by atoms with Crippen molar-refractivity contribution < 1.29 is 27.8 Å². The van der Waals surface area contributed by atoms with E-state index in [9.17, 15) is 23.1 Å². The molecule has 0 unspecified atom stereocenters. The van der Waals surface area contributed by atoms with Gasteiger partial charge in [0.2, 0.25) is 5.60 Å². The van der Waals surface area contributed by atoms with Gasteiger partial charge in [0.05, 0.1) is 5.56 Å². The number of hydrogen-bond donors (Lipinski definition) is 2. The fourth-order valence-corrected chi connectivity index (χ4v) is 4.55. The van der Waals surface area contributed by atoms with Gasteiger partial charge in [0, 0.05) is 30.5 Å². The molecule has 0 radical (unpaired) electrons. The summed E-state index contributed by atoms with van der Waals surface area (Å²) in [5.41, 5.74) is -1.49. The van der Waals surface area contributed by atoms with Crippen LogP contribution in [0.1, 0.15) is 49.7 Å². The number of benzene rings is 1.